The van der Waals surface area contributed by atoms with E-state index in [4.69, 9.17) is 15.9 Å². The third-order valence-electron chi connectivity index (χ3n) is 5.35. The lowest BCUT2D eigenvalue weighted by Gasteiger charge is -2.22. The second kappa shape index (κ2) is 8.81. The number of carboxylic acids is 1. The predicted molar refractivity (Wildman–Crippen MR) is 115 cm³/mol. The van der Waals surface area contributed by atoms with Crippen molar-refractivity contribution in [1.29, 1.82) is 5.41 Å². The quantitative estimate of drug-likeness (QED) is 0.222. The van der Waals surface area contributed by atoms with Crippen molar-refractivity contribution in [3.05, 3.63) is 22.3 Å². The number of hydrogen-bond donors (Lipinski definition) is 5. The molecule has 2 rings (SSSR count). The van der Waals surface area contributed by atoms with Gasteiger partial charge in [0.25, 0.3) is 0 Å². The molecular weight excluding hydrogens is 408 g/mol. The number of carboxylic acid groups (broad SMARTS) is 1. The first kappa shape index (κ1) is 23.9. The monoisotopic (exact) mass is 440 g/mol. The van der Waals surface area contributed by atoms with Crippen LogP contribution in [-0.4, -0.2) is 43.6 Å². The van der Waals surface area contributed by atoms with E-state index in [0.29, 0.717) is 36.9 Å². The van der Waals surface area contributed by atoms with Gasteiger partial charge in [0.1, 0.15) is 11.4 Å². The smallest absolute Gasteiger partial charge is 0.304 e. The molecule has 0 radical (unpaired) electrons. The first-order chi connectivity index (χ1) is 13.7. The first-order valence-corrected chi connectivity index (χ1v) is 11.4. The van der Waals surface area contributed by atoms with Crippen LogP contribution in [0.3, 0.4) is 0 Å². The van der Waals surface area contributed by atoms with Crippen molar-refractivity contribution >= 4 is 22.0 Å². The Balaban J connectivity index is 2.34. The molecule has 0 fully saturated rings. The summed E-state index contributed by atoms with van der Waals surface area (Å²) in [7, 11) is -3.96. The van der Waals surface area contributed by atoms with Crippen LogP contribution >= 0.6 is 0 Å². The number of guanidine groups is 1. The molecule has 10 heteroatoms. The van der Waals surface area contributed by atoms with E-state index in [1.807, 2.05) is 20.8 Å². The third kappa shape index (κ3) is 5.42. The Bertz CT molecular complexity index is 957. The van der Waals surface area contributed by atoms with Gasteiger partial charge in [-0.25, -0.2) is 13.1 Å². The molecule has 0 unspecified atom stereocenters. The number of rotatable bonds is 9. The van der Waals surface area contributed by atoms with E-state index in [1.165, 1.54) is 0 Å². The maximum atomic E-state index is 13.3. The van der Waals surface area contributed by atoms with Crippen molar-refractivity contribution in [3.63, 3.8) is 0 Å². The summed E-state index contributed by atoms with van der Waals surface area (Å²) in [6, 6.07) is -0.777. The fourth-order valence-corrected chi connectivity index (χ4v) is 5.75. The number of nitrogens with one attached hydrogen (secondary N) is 3. The number of hydrogen-bond acceptors (Lipinski definition) is 5. The van der Waals surface area contributed by atoms with Crippen LogP contribution in [0.1, 0.15) is 55.4 Å². The normalized spacial score (nSPS) is 15.9. The summed E-state index contributed by atoms with van der Waals surface area (Å²) in [5.74, 6) is -0.530. The van der Waals surface area contributed by atoms with Crippen molar-refractivity contribution in [1.82, 2.24) is 10.0 Å². The van der Waals surface area contributed by atoms with Crippen molar-refractivity contribution < 1.29 is 23.1 Å². The summed E-state index contributed by atoms with van der Waals surface area (Å²) < 4.78 is 35.2. The zero-order valence-corrected chi connectivity index (χ0v) is 19.0. The summed E-state index contributed by atoms with van der Waals surface area (Å²) in [4.78, 5) is 11.5. The van der Waals surface area contributed by atoms with Gasteiger partial charge in [-0.2, -0.15) is 0 Å². The van der Waals surface area contributed by atoms with Crippen LogP contribution in [0.15, 0.2) is 4.90 Å². The molecule has 1 heterocycles. The van der Waals surface area contributed by atoms with Crippen molar-refractivity contribution in [2.45, 2.75) is 76.8 Å². The molecule has 1 aliphatic heterocycles. The van der Waals surface area contributed by atoms with Gasteiger partial charge in [0, 0.05) is 24.6 Å². The number of benzene rings is 1. The van der Waals surface area contributed by atoms with Gasteiger partial charge in [0.05, 0.1) is 11.3 Å². The van der Waals surface area contributed by atoms with Crippen molar-refractivity contribution in [2.24, 2.45) is 5.73 Å². The molecular formula is C20H32N4O5S. The highest BCUT2D eigenvalue weighted by Crippen LogP contribution is 2.43. The Morgan fingerprint density at radius 3 is 2.47 bits per heavy atom. The highest BCUT2D eigenvalue weighted by Gasteiger charge is 2.37. The number of fused-ring (bicyclic) bond motifs is 1. The van der Waals surface area contributed by atoms with Crippen molar-refractivity contribution in [3.8, 4) is 5.75 Å². The van der Waals surface area contributed by atoms with Gasteiger partial charge in [-0.15, -0.1) is 0 Å². The second-order valence-corrected chi connectivity index (χ2v) is 10.1. The van der Waals surface area contributed by atoms with Crippen LogP contribution in [0.5, 0.6) is 5.75 Å². The number of sulfonamides is 1. The average Bonchev–Trinajstić information content (AvgIpc) is 2.91. The van der Waals surface area contributed by atoms with Crippen LogP contribution in [0.4, 0.5) is 0 Å². The topological polar surface area (TPSA) is 155 Å². The number of ether oxygens (including phenoxy) is 1. The lowest BCUT2D eigenvalue weighted by atomic mass is 9.94. The summed E-state index contributed by atoms with van der Waals surface area (Å²) in [6.45, 7) is 9.64. The summed E-state index contributed by atoms with van der Waals surface area (Å²) in [5.41, 5.74) is 7.72. The SMILES string of the molecule is Cc1c(C)c(S(=O)(=O)N[C@H](CCCNC(=N)N)CC(=O)O)c(C)c2c1OC(C)(C)C2. The maximum absolute atomic E-state index is 13.3. The standard InChI is InChI=1S/C20H32N4O5S/c1-11-12(2)18(13(3)15-10-20(4,5)29-17(11)15)30(27,28)24-14(9-16(25)26)7-6-8-23-19(21)22/h14,24H,6-10H2,1-5H3,(H,25,26)(H4,21,22,23)/t14-/m1/s1. The third-order valence-corrected chi connectivity index (χ3v) is 7.14. The Morgan fingerprint density at radius 1 is 1.27 bits per heavy atom. The number of nitrogens with two attached hydrogens (primary N) is 1. The molecule has 1 aromatic rings. The molecule has 6 N–H and O–H groups in total. The molecule has 0 spiro atoms. The van der Waals surface area contributed by atoms with E-state index in [2.05, 4.69) is 10.0 Å². The molecule has 168 valence electrons. The number of carbonyl (C=O) groups is 1. The minimum absolute atomic E-state index is 0.185. The molecule has 0 saturated heterocycles. The minimum Gasteiger partial charge on any atom is -0.487 e. The molecule has 9 nitrogen and oxygen atoms in total. The fourth-order valence-electron chi connectivity index (χ4n) is 3.91. The summed E-state index contributed by atoms with van der Waals surface area (Å²) >= 11 is 0. The van der Waals surface area contributed by atoms with Gasteiger partial charge in [-0.05, 0) is 64.2 Å². The lowest BCUT2D eigenvalue weighted by molar-refractivity contribution is -0.137. The summed E-state index contributed by atoms with van der Waals surface area (Å²) in [5, 5.41) is 19.0. The van der Waals surface area contributed by atoms with Gasteiger partial charge < -0.3 is 20.9 Å². The second-order valence-electron chi connectivity index (χ2n) is 8.45. The predicted octanol–water partition coefficient (Wildman–Crippen LogP) is 1.71. The number of aliphatic carboxylic acids is 1. The van der Waals surface area contributed by atoms with E-state index >= 15 is 0 Å². The Labute approximate surface area is 177 Å². The first-order valence-electron chi connectivity index (χ1n) is 9.89. The molecule has 0 aromatic heterocycles. The van der Waals surface area contributed by atoms with Gasteiger partial charge in [0.2, 0.25) is 10.0 Å². The average molecular weight is 441 g/mol. The van der Waals surface area contributed by atoms with Gasteiger partial charge in [-0.3, -0.25) is 10.2 Å². The van der Waals surface area contributed by atoms with E-state index in [0.717, 1.165) is 16.9 Å². The van der Waals surface area contributed by atoms with Crippen LogP contribution in [0, 0.1) is 26.2 Å². The molecule has 0 aliphatic carbocycles. The molecule has 1 atom stereocenters. The fraction of sp³-hybridized carbons (Fsp3) is 0.600. The summed E-state index contributed by atoms with van der Waals surface area (Å²) in [6.07, 6.45) is 1.03. The van der Waals surface area contributed by atoms with E-state index in [1.54, 1.807) is 13.8 Å². The van der Waals surface area contributed by atoms with Crippen LogP contribution in [-0.2, 0) is 21.2 Å². The van der Waals surface area contributed by atoms with Crippen LogP contribution < -0.4 is 20.5 Å². The Kier molecular flexibility index (Phi) is 7.03. The molecule has 0 amide bonds. The lowest BCUT2D eigenvalue weighted by Crippen LogP contribution is -2.38. The highest BCUT2D eigenvalue weighted by atomic mass is 32.2. The van der Waals surface area contributed by atoms with E-state index in [9.17, 15) is 18.3 Å². The Morgan fingerprint density at radius 2 is 1.90 bits per heavy atom. The molecule has 1 aromatic carbocycles. The Hall–Kier alpha value is -2.33. The zero-order valence-electron chi connectivity index (χ0n) is 18.2. The van der Waals surface area contributed by atoms with Gasteiger partial charge in [-0.1, -0.05) is 0 Å². The van der Waals surface area contributed by atoms with Crippen LogP contribution in [0.25, 0.3) is 0 Å². The van der Waals surface area contributed by atoms with Crippen molar-refractivity contribution in [2.75, 3.05) is 6.54 Å². The highest BCUT2D eigenvalue weighted by molar-refractivity contribution is 7.89. The van der Waals surface area contributed by atoms with E-state index in [-0.39, 0.29) is 17.3 Å². The maximum Gasteiger partial charge on any atom is 0.304 e. The van der Waals surface area contributed by atoms with E-state index < -0.39 is 27.6 Å². The molecule has 0 saturated carbocycles. The van der Waals surface area contributed by atoms with Gasteiger partial charge >= 0.3 is 5.97 Å². The largest absolute Gasteiger partial charge is 0.487 e. The minimum atomic E-state index is -3.96. The van der Waals surface area contributed by atoms with Gasteiger partial charge in [0.15, 0.2) is 5.96 Å². The van der Waals surface area contributed by atoms with Crippen LogP contribution in [0.2, 0.25) is 0 Å². The zero-order chi connectivity index (χ0) is 22.9. The molecule has 30 heavy (non-hydrogen) atoms. The molecule has 1 aliphatic rings. The molecule has 0 bridgehead atoms.